The highest BCUT2D eigenvalue weighted by molar-refractivity contribution is 6.31. The summed E-state index contributed by atoms with van der Waals surface area (Å²) in [7, 11) is 0. The van der Waals surface area contributed by atoms with E-state index < -0.39 is 0 Å². The molecule has 3 nitrogen and oxygen atoms in total. The van der Waals surface area contributed by atoms with E-state index in [-0.39, 0.29) is 11.9 Å². The Hall–Kier alpha value is -2.78. The molecular weight excluding hydrogens is 382 g/mol. The van der Waals surface area contributed by atoms with Gasteiger partial charge in [0.15, 0.2) is 0 Å². The summed E-state index contributed by atoms with van der Waals surface area (Å²) in [5, 5.41) is 3.64. The van der Waals surface area contributed by atoms with E-state index in [9.17, 15) is 4.79 Å². The van der Waals surface area contributed by atoms with Crippen molar-refractivity contribution < 1.29 is 9.53 Å². The lowest BCUT2D eigenvalue weighted by atomic mass is 9.99. The molecule has 0 fully saturated rings. The van der Waals surface area contributed by atoms with Gasteiger partial charge in [-0.1, -0.05) is 67.1 Å². The zero-order valence-corrected chi connectivity index (χ0v) is 17.8. The van der Waals surface area contributed by atoms with Crippen molar-refractivity contribution in [3.63, 3.8) is 0 Å². The van der Waals surface area contributed by atoms with Gasteiger partial charge in [-0.15, -0.1) is 0 Å². The lowest BCUT2D eigenvalue weighted by molar-refractivity contribution is 0.0931. The summed E-state index contributed by atoms with van der Waals surface area (Å²) in [6, 6.07) is 21.2. The molecular formula is C25H26ClNO2. The third-order valence-corrected chi connectivity index (χ3v) is 5.31. The predicted molar refractivity (Wildman–Crippen MR) is 119 cm³/mol. The first-order chi connectivity index (χ1) is 14.0. The lowest BCUT2D eigenvalue weighted by Gasteiger charge is -2.20. The summed E-state index contributed by atoms with van der Waals surface area (Å²) in [6.45, 7) is 6.61. The number of hydrogen-bond donors (Lipinski definition) is 1. The highest BCUT2D eigenvalue weighted by Crippen LogP contribution is 2.26. The molecule has 0 aliphatic heterocycles. The molecule has 150 valence electrons. The fourth-order valence-corrected chi connectivity index (χ4v) is 3.35. The zero-order valence-electron chi connectivity index (χ0n) is 17.0. The van der Waals surface area contributed by atoms with Crippen molar-refractivity contribution in [2.24, 2.45) is 0 Å². The molecule has 0 saturated carbocycles. The highest BCUT2D eigenvalue weighted by Gasteiger charge is 2.18. The first kappa shape index (κ1) is 20.9. The average Bonchev–Trinajstić information content (AvgIpc) is 2.73. The molecule has 1 amide bonds. The Kier molecular flexibility index (Phi) is 6.95. The Labute approximate surface area is 177 Å². The van der Waals surface area contributed by atoms with E-state index in [2.05, 4.69) is 44.3 Å². The van der Waals surface area contributed by atoms with Crippen LogP contribution in [0, 0.1) is 13.8 Å². The number of amides is 1. The lowest BCUT2D eigenvalue weighted by Crippen LogP contribution is -2.28. The third kappa shape index (κ3) is 5.39. The number of nitrogens with one attached hydrogen (secondary N) is 1. The standard InChI is InChI=1S/C25H26ClNO2/c1-4-23(20-11-10-17(2)18(3)14-20)27-25(28)22-15-21(26)12-13-24(22)29-16-19-8-6-5-7-9-19/h5-15,23H,4,16H2,1-3H3,(H,27,28)/t23-/m1/s1. The van der Waals surface area contributed by atoms with E-state index >= 15 is 0 Å². The van der Waals surface area contributed by atoms with Gasteiger partial charge in [0.2, 0.25) is 0 Å². The Morgan fingerprint density at radius 1 is 1.00 bits per heavy atom. The minimum Gasteiger partial charge on any atom is -0.488 e. The van der Waals surface area contributed by atoms with E-state index in [0.717, 1.165) is 17.5 Å². The van der Waals surface area contributed by atoms with Gasteiger partial charge in [-0.05, 0) is 60.7 Å². The SMILES string of the molecule is CC[C@@H](NC(=O)c1cc(Cl)ccc1OCc1ccccc1)c1ccc(C)c(C)c1. The molecule has 0 spiro atoms. The second kappa shape index (κ2) is 9.62. The van der Waals surface area contributed by atoms with Crippen LogP contribution in [0.1, 0.15) is 52.0 Å². The maximum Gasteiger partial charge on any atom is 0.255 e. The fraction of sp³-hybridized carbons (Fsp3) is 0.240. The maximum absolute atomic E-state index is 13.1. The van der Waals surface area contributed by atoms with Crippen molar-refractivity contribution in [3.05, 3.63) is 99.6 Å². The van der Waals surface area contributed by atoms with E-state index in [4.69, 9.17) is 16.3 Å². The fourth-order valence-electron chi connectivity index (χ4n) is 3.18. The molecule has 3 aromatic carbocycles. The first-order valence-electron chi connectivity index (χ1n) is 9.82. The normalized spacial score (nSPS) is 11.7. The summed E-state index contributed by atoms with van der Waals surface area (Å²) < 4.78 is 5.94. The van der Waals surface area contributed by atoms with Gasteiger partial charge in [-0.2, -0.15) is 0 Å². The van der Waals surface area contributed by atoms with Crippen LogP contribution >= 0.6 is 11.6 Å². The van der Waals surface area contributed by atoms with Crippen molar-refractivity contribution in [3.8, 4) is 5.75 Å². The van der Waals surface area contributed by atoms with Gasteiger partial charge in [0, 0.05) is 5.02 Å². The summed E-state index contributed by atoms with van der Waals surface area (Å²) in [4.78, 5) is 13.1. The summed E-state index contributed by atoms with van der Waals surface area (Å²) in [6.07, 6.45) is 0.787. The number of aryl methyl sites for hydroxylation is 2. The van der Waals surface area contributed by atoms with Gasteiger partial charge in [0.05, 0.1) is 11.6 Å². The van der Waals surface area contributed by atoms with Crippen LogP contribution in [-0.4, -0.2) is 5.91 Å². The van der Waals surface area contributed by atoms with Crippen molar-refractivity contribution >= 4 is 17.5 Å². The van der Waals surface area contributed by atoms with E-state index in [1.165, 1.54) is 11.1 Å². The van der Waals surface area contributed by atoms with Gasteiger partial charge in [-0.3, -0.25) is 4.79 Å². The molecule has 3 aromatic rings. The van der Waals surface area contributed by atoms with Gasteiger partial charge in [-0.25, -0.2) is 0 Å². The van der Waals surface area contributed by atoms with Gasteiger partial charge < -0.3 is 10.1 Å². The van der Waals surface area contributed by atoms with Crippen LogP contribution in [-0.2, 0) is 6.61 Å². The Bertz CT molecular complexity index is 985. The molecule has 0 unspecified atom stereocenters. The minimum atomic E-state index is -0.194. The smallest absolute Gasteiger partial charge is 0.255 e. The van der Waals surface area contributed by atoms with E-state index in [1.54, 1.807) is 18.2 Å². The van der Waals surface area contributed by atoms with E-state index in [1.807, 2.05) is 30.3 Å². The largest absolute Gasteiger partial charge is 0.488 e. The topological polar surface area (TPSA) is 38.3 Å². The number of carbonyl (C=O) groups is 1. The second-order valence-electron chi connectivity index (χ2n) is 7.19. The van der Waals surface area contributed by atoms with Crippen molar-refractivity contribution in [1.82, 2.24) is 5.32 Å². The second-order valence-corrected chi connectivity index (χ2v) is 7.63. The molecule has 0 aromatic heterocycles. The maximum atomic E-state index is 13.1. The van der Waals surface area contributed by atoms with Crippen LogP contribution in [0.15, 0.2) is 66.7 Å². The third-order valence-electron chi connectivity index (χ3n) is 5.07. The molecule has 0 heterocycles. The Balaban J connectivity index is 1.79. The summed E-state index contributed by atoms with van der Waals surface area (Å²) >= 11 is 6.17. The van der Waals surface area contributed by atoms with Gasteiger partial charge in [0.25, 0.3) is 5.91 Å². The van der Waals surface area contributed by atoms with E-state index in [0.29, 0.717) is 22.9 Å². The van der Waals surface area contributed by atoms with Gasteiger partial charge >= 0.3 is 0 Å². The molecule has 0 radical (unpaired) electrons. The molecule has 4 heteroatoms. The summed E-state index contributed by atoms with van der Waals surface area (Å²) in [5.41, 5.74) is 5.02. The molecule has 1 N–H and O–H groups in total. The van der Waals surface area contributed by atoms with Crippen LogP contribution in [0.25, 0.3) is 0 Å². The van der Waals surface area contributed by atoms with Crippen LogP contribution in [0.4, 0.5) is 0 Å². The van der Waals surface area contributed by atoms with Crippen LogP contribution < -0.4 is 10.1 Å². The van der Waals surface area contributed by atoms with Crippen LogP contribution in [0.3, 0.4) is 0 Å². The average molecular weight is 408 g/mol. The number of benzene rings is 3. The van der Waals surface area contributed by atoms with Crippen molar-refractivity contribution in [2.45, 2.75) is 39.8 Å². The monoisotopic (exact) mass is 407 g/mol. The molecule has 3 rings (SSSR count). The molecule has 1 atom stereocenters. The summed E-state index contributed by atoms with van der Waals surface area (Å²) in [5.74, 6) is 0.325. The first-order valence-corrected chi connectivity index (χ1v) is 10.2. The zero-order chi connectivity index (χ0) is 20.8. The van der Waals surface area contributed by atoms with Crippen LogP contribution in [0.2, 0.25) is 5.02 Å². The number of carbonyl (C=O) groups excluding carboxylic acids is 1. The number of hydrogen-bond acceptors (Lipinski definition) is 2. The van der Waals surface area contributed by atoms with Crippen molar-refractivity contribution in [2.75, 3.05) is 0 Å². The Morgan fingerprint density at radius 2 is 1.76 bits per heavy atom. The Morgan fingerprint density at radius 3 is 2.45 bits per heavy atom. The number of rotatable bonds is 7. The van der Waals surface area contributed by atoms with Gasteiger partial charge in [0.1, 0.15) is 12.4 Å². The molecule has 0 saturated heterocycles. The quantitative estimate of drug-likeness (QED) is 0.491. The molecule has 29 heavy (non-hydrogen) atoms. The number of halogens is 1. The van der Waals surface area contributed by atoms with Crippen molar-refractivity contribution in [1.29, 1.82) is 0 Å². The predicted octanol–water partition coefficient (Wildman–Crippen LogP) is 6.42. The highest BCUT2D eigenvalue weighted by atomic mass is 35.5. The molecule has 0 aliphatic rings. The van der Waals surface area contributed by atoms with Crippen LogP contribution in [0.5, 0.6) is 5.75 Å². The minimum absolute atomic E-state index is 0.0808. The molecule has 0 bridgehead atoms. The number of ether oxygens (including phenoxy) is 1. The molecule has 0 aliphatic carbocycles.